The van der Waals surface area contributed by atoms with E-state index < -0.39 is 0 Å². The Morgan fingerprint density at radius 3 is 2.26 bits per heavy atom. The van der Waals surface area contributed by atoms with Crippen LogP contribution in [0.15, 0.2) is 0 Å². The minimum Gasteiger partial charge on any atom is -0.314 e. The van der Waals surface area contributed by atoms with Gasteiger partial charge < -0.3 is 5.32 Å². The molecule has 1 atom stereocenters. The molecule has 1 saturated carbocycles. The molecular formula is C18H33N. The van der Waals surface area contributed by atoms with Crippen LogP contribution in [0.5, 0.6) is 0 Å². The van der Waals surface area contributed by atoms with E-state index in [4.69, 9.17) is 0 Å². The van der Waals surface area contributed by atoms with Gasteiger partial charge in [0.1, 0.15) is 0 Å². The van der Waals surface area contributed by atoms with Crippen LogP contribution in [-0.4, -0.2) is 12.6 Å². The van der Waals surface area contributed by atoms with E-state index in [1.807, 2.05) is 6.92 Å². The van der Waals surface area contributed by atoms with E-state index in [1.165, 1.54) is 32.1 Å². The molecule has 1 nitrogen and oxygen atoms in total. The van der Waals surface area contributed by atoms with Gasteiger partial charge >= 0.3 is 0 Å². The van der Waals surface area contributed by atoms with E-state index in [-0.39, 0.29) is 0 Å². The van der Waals surface area contributed by atoms with E-state index in [0.717, 1.165) is 24.8 Å². The molecule has 0 aromatic carbocycles. The first-order valence-corrected chi connectivity index (χ1v) is 8.12. The fourth-order valence-corrected chi connectivity index (χ4v) is 3.51. The Morgan fingerprint density at radius 2 is 1.79 bits per heavy atom. The average Bonchev–Trinajstić information content (AvgIpc) is 2.37. The molecule has 0 aliphatic heterocycles. The molecule has 0 spiro atoms. The third kappa shape index (κ3) is 5.57. The lowest BCUT2D eigenvalue weighted by atomic mass is 9.68. The number of nitrogens with one attached hydrogen (secondary N) is 1. The molecule has 0 amide bonds. The zero-order valence-electron chi connectivity index (χ0n) is 13.7. The molecule has 19 heavy (non-hydrogen) atoms. The van der Waals surface area contributed by atoms with Crippen molar-refractivity contribution in [3.63, 3.8) is 0 Å². The monoisotopic (exact) mass is 263 g/mol. The van der Waals surface area contributed by atoms with E-state index in [0.29, 0.717) is 11.5 Å². The van der Waals surface area contributed by atoms with E-state index in [2.05, 4.69) is 44.9 Å². The van der Waals surface area contributed by atoms with E-state index in [9.17, 15) is 0 Å². The first kappa shape index (κ1) is 16.6. The molecule has 0 saturated heterocycles. The van der Waals surface area contributed by atoms with Gasteiger partial charge in [0.05, 0.1) is 0 Å². The third-order valence-corrected chi connectivity index (χ3v) is 4.79. The van der Waals surface area contributed by atoms with Crippen molar-refractivity contribution in [1.29, 1.82) is 0 Å². The SMILES string of the molecule is CC#CCCC(NCC)C1CCC(C(C)(C)C)CC1. The Kier molecular flexibility index (Phi) is 6.94. The van der Waals surface area contributed by atoms with E-state index >= 15 is 0 Å². The van der Waals surface area contributed by atoms with Crippen molar-refractivity contribution in [2.24, 2.45) is 17.3 Å². The quantitative estimate of drug-likeness (QED) is 0.714. The molecule has 0 aromatic rings. The van der Waals surface area contributed by atoms with Gasteiger partial charge in [-0.25, -0.2) is 0 Å². The summed E-state index contributed by atoms with van der Waals surface area (Å²) in [4.78, 5) is 0. The van der Waals surface area contributed by atoms with Gasteiger partial charge in [0.15, 0.2) is 0 Å². The second kappa shape index (κ2) is 7.95. The molecule has 1 heteroatoms. The lowest BCUT2D eigenvalue weighted by Gasteiger charge is -2.39. The van der Waals surface area contributed by atoms with Crippen LogP contribution in [0.3, 0.4) is 0 Å². The fourth-order valence-electron chi connectivity index (χ4n) is 3.51. The lowest BCUT2D eigenvalue weighted by Crippen LogP contribution is -2.39. The highest BCUT2D eigenvalue weighted by Gasteiger charge is 2.32. The van der Waals surface area contributed by atoms with Crippen molar-refractivity contribution in [3.05, 3.63) is 0 Å². The van der Waals surface area contributed by atoms with Crippen molar-refractivity contribution in [1.82, 2.24) is 5.32 Å². The van der Waals surface area contributed by atoms with Crippen LogP contribution < -0.4 is 5.32 Å². The van der Waals surface area contributed by atoms with Gasteiger partial charge in [0.2, 0.25) is 0 Å². The van der Waals surface area contributed by atoms with Gasteiger partial charge in [0.25, 0.3) is 0 Å². The predicted octanol–water partition coefficient (Wildman–Crippen LogP) is 4.62. The summed E-state index contributed by atoms with van der Waals surface area (Å²) in [6, 6.07) is 0.687. The topological polar surface area (TPSA) is 12.0 Å². The van der Waals surface area contributed by atoms with Gasteiger partial charge in [-0.2, -0.15) is 0 Å². The van der Waals surface area contributed by atoms with Crippen LogP contribution in [-0.2, 0) is 0 Å². The highest BCUT2D eigenvalue weighted by molar-refractivity contribution is 4.96. The van der Waals surface area contributed by atoms with Crippen LogP contribution in [0, 0.1) is 29.1 Å². The van der Waals surface area contributed by atoms with Crippen molar-refractivity contribution < 1.29 is 0 Å². The Labute approximate surface area is 120 Å². The lowest BCUT2D eigenvalue weighted by molar-refractivity contribution is 0.131. The van der Waals surface area contributed by atoms with Crippen LogP contribution in [0.25, 0.3) is 0 Å². The Bertz CT molecular complexity index is 294. The summed E-state index contributed by atoms with van der Waals surface area (Å²) in [5.74, 6) is 8.03. The predicted molar refractivity (Wildman–Crippen MR) is 85.1 cm³/mol. The average molecular weight is 263 g/mol. The first-order valence-electron chi connectivity index (χ1n) is 8.12. The molecule has 1 aliphatic rings. The standard InChI is InChI=1S/C18H33N/c1-6-8-9-10-17(19-7-2)15-11-13-16(14-12-15)18(3,4)5/h15-17,19H,7,9-14H2,1-5H3. The number of hydrogen-bond acceptors (Lipinski definition) is 1. The normalized spacial score (nSPS) is 25.5. The van der Waals surface area contributed by atoms with Crippen molar-refractivity contribution >= 4 is 0 Å². The summed E-state index contributed by atoms with van der Waals surface area (Å²) in [6.07, 6.45) is 7.90. The number of hydrogen-bond donors (Lipinski definition) is 1. The maximum atomic E-state index is 3.70. The number of rotatable bonds is 5. The summed E-state index contributed by atoms with van der Waals surface area (Å²) in [6.45, 7) is 12.4. The van der Waals surface area contributed by atoms with Crippen molar-refractivity contribution in [2.75, 3.05) is 6.54 Å². The second-order valence-electron chi connectivity index (χ2n) is 7.11. The molecule has 1 fully saturated rings. The molecule has 110 valence electrons. The maximum Gasteiger partial charge on any atom is 0.0104 e. The summed E-state index contributed by atoms with van der Waals surface area (Å²) < 4.78 is 0. The molecule has 0 aromatic heterocycles. The Hall–Kier alpha value is -0.480. The molecule has 1 N–H and O–H groups in total. The van der Waals surface area contributed by atoms with Gasteiger partial charge in [0, 0.05) is 12.5 Å². The van der Waals surface area contributed by atoms with Gasteiger partial charge in [-0.1, -0.05) is 27.7 Å². The molecule has 1 aliphatic carbocycles. The second-order valence-corrected chi connectivity index (χ2v) is 7.11. The first-order chi connectivity index (χ1) is 8.99. The van der Waals surface area contributed by atoms with Gasteiger partial charge in [-0.3, -0.25) is 0 Å². The summed E-state index contributed by atoms with van der Waals surface area (Å²) >= 11 is 0. The summed E-state index contributed by atoms with van der Waals surface area (Å²) in [5, 5.41) is 3.70. The third-order valence-electron chi connectivity index (χ3n) is 4.79. The Morgan fingerprint density at radius 1 is 1.16 bits per heavy atom. The molecule has 1 unspecified atom stereocenters. The summed E-state index contributed by atoms with van der Waals surface area (Å²) in [5.41, 5.74) is 0.492. The van der Waals surface area contributed by atoms with Crippen LogP contribution in [0.1, 0.15) is 73.1 Å². The van der Waals surface area contributed by atoms with E-state index in [1.54, 1.807) is 0 Å². The minimum absolute atomic E-state index is 0.492. The largest absolute Gasteiger partial charge is 0.314 e. The van der Waals surface area contributed by atoms with Crippen molar-refractivity contribution in [2.45, 2.75) is 79.2 Å². The van der Waals surface area contributed by atoms with Gasteiger partial charge in [-0.15, -0.1) is 11.8 Å². The Balaban J connectivity index is 2.46. The highest BCUT2D eigenvalue weighted by atomic mass is 14.9. The highest BCUT2D eigenvalue weighted by Crippen LogP contribution is 2.41. The van der Waals surface area contributed by atoms with Crippen LogP contribution >= 0.6 is 0 Å². The zero-order valence-corrected chi connectivity index (χ0v) is 13.7. The molecular weight excluding hydrogens is 230 g/mol. The minimum atomic E-state index is 0.492. The summed E-state index contributed by atoms with van der Waals surface area (Å²) in [7, 11) is 0. The smallest absolute Gasteiger partial charge is 0.0104 e. The fraction of sp³-hybridized carbons (Fsp3) is 0.889. The molecule has 0 bridgehead atoms. The molecule has 1 rings (SSSR count). The van der Waals surface area contributed by atoms with Crippen molar-refractivity contribution in [3.8, 4) is 11.8 Å². The molecule has 0 heterocycles. The van der Waals surface area contributed by atoms with Crippen LogP contribution in [0.2, 0.25) is 0 Å². The maximum absolute atomic E-state index is 3.70. The molecule has 0 radical (unpaired) electrons. The van der Waals surface area contributed by atoms with Gasteiger partial charge in [-0.05, 0) is 62.8 Å². The zero-order chi connectivity index (χ0) is 14.3. The van der Waals surface area contributed by atoms with Crippen LogP contribution in [0.4, 0.5) is 0 Å².